The van der Waals surface area contributed by atoms with Gasteiger partial charge in [-0.2, -0.15) is 0 Å². The maximum absolute atomic E-state index is 11.8. The lowest BCUT2D eigenvalue weighted by Gasteiger charge is -2.13. The molecule has 1 aliphatic rings. The summed E-state index contributed by atoms with van der Waals surface area (Å²) in [6.45, 7) is 3.00. The van der Waals surface area contributed by atoms with Crippen LogP contribution in [-0.2, 0) is 4.79 Å². The lowest BCUT2D eigenvalue weighted by molar-refractivity contribution is -0.119. The fraction of sp³-hybridized carbons (Fsp3) is 0.429. The molecule has 0 aromatic heterocycles. The van der Waals surface area contributed by atoms with Gasteiger partial charge < -0.3 is 14.8 Å². The number of carbonyl (C=O) groups excluding carboxylic acids is 2. The molecule has 0 saturated heterocycles. The molecular weight excluding hydrogens is 292 g/mol. The minimum absolute atomic E-state index is 0.341. The molecule has 1 aromatic carbocycles. The van der Waals surface area contributed by atoms with Gasteiger partial charge in [0.25, 0.3) is 0 Å². The first-order valence-electron chi connectivity index (χ1n) is 6.69. The largest absolute Gasteiger partial charge is 0.490 e. The van der Waals surface area contributed by atoms with Gasteiger partial charge in [0.05, 0.1) is 18.5 Å². The van der Waals surface area contributed by atoms with Crippen LogP contribution >= 0.6 is 11.8 Å². The van der Waals surface area contributed by atoms with Gasteiger partial charge in [0, 0.05) is 18.4 Å². The van der Waals surface area contributed by atoms with Gasteiger partial charge >= 0.3 is 6.03 Å². The number of nitrogens with one attached hydrogen (secondary N) is 2. The van der Waals surface area contributed by atoms with Crippen molar-refractivity contribution in [2.45, 2.75) is 23.5 Å². The van der Waals surface area contributed by atoms with Crippen molar-refractivity contribution in [2.75, 3.05) is 20.3 Å². The van der Waals surface area contributed by atoms with Gasteiger partial charge in [0.15, 0.2) is 11.5 Å². The van der Waals surface area contributed by atoms with E-state index in [1.165, 1.54) is 18.8 Å². The molecule has 0 saturated carbocycles. The lowest BCUT2D eigenvalue weighted by atomic mass is 10.3. The van der Waals surface area contributed by atoms with Crippen LogP contribution in [0.4, 0.5) is 4.79 Å². The first-order chi connectivity index (χ1) is 10.1. The Morgan fingerprint density at radius 1 is 1.24 bits per heavy atom. The van der Waals surface area contributed by atoms with E-state index in [-0.39, 0.29) is 5.91 Å². The third-order valence-electron chi connectivity index (χ3n) is 2.86. The summed E-state index contributed by atoms with van der Waals surface area (Å²) in [4.78, 5) is 23.8. The molecule has 0 bridgehead atoms. The number of carbonyl (C=O) groups is 2. The standard InChI is InChI=1S/C14H18N2O4S/c1-9(13(17)16-14(18)15-2)21-10-4-5-11-12(8-10)20-7-3-6-19-11/h4-5,8-9H,3,6-7H2,1-2H3,(H2,15,16,17,18)/t9-/m1/s1. The Morgan fingerprint density at radius 3 is 2.67 bits per heavy atom. The average Bonchev–Trinajstić information content (AvgIpc) is 2.71. The topological polar surface area (TPSA) is 76.7 Å². The van der Waals surface area contributed by atoms with Crippen molar-refractivity contribution in [3.63, 3.8) is 0 Å². The molecule has 0 fully saturated rings. The lowest BCUT2D eigenvalue weighted by Crippen LogP contribution is -2.41. The molecule has 0 aliphatic carbocycles. The van der Waals surface area contributed by atoms with E-state index in [1.807, 2.05) is 18.2 Å². The highest BCUT2D eigenvalue weighted by molar-refractivity contribution is 8.00. The Bertz CT molecular complexity index is 536. The number of rotatable bonds is 3. The normalized spacial score (nSPS) is 14.8. The number of ether oxygens (including phenoxy) is 2. The van der Waals surface area contributed by atoms with Crippen molar-refractivity contribution in [3.05, 3.63) is 18.2 Å². The summed E-state index contributed by atoms with van der Waals surface area (Å²) in [6.07, 6.45) is 0.849. The number of hydrogen-bond acceptors (Lipinski definition) is 5. The molecule has 114 valence electrons. The number of imide groups is 1. The monoisotopic (exact) mass is 310 g/mol. The number of hydrogen-bond donors (Lipinski definition) is 2. The van der Waals surface area contributed by atoms with Crippen molar-refractivity contribution in [1.29, 1.82) is 0 Å². The molecule has 0 unspecified atom stereocenters. The SMILES string of the molecule is CNC(=O)NC(=O)[C@@H](C)Sc1ccc2c(c1)OCCCO2. The van der Waals surface area contributed by atoms with Gasteiger partial charge in [-0.1, -0.05) is 0 Å². The summed E-state index contributed by atoms with van der Waals surface area (Å²) in [5, 5.41) is 4.21. The van der Waals surface area contributed by atoms with Crippen molar-refractivity contribution in [3.8, 4) is 11.5 Å². The number of benzene rings is 1. The Balaban J connectivity index is 2.01. The molecule has 6 nitrogen and oxygen atoms in total. The Hall–Kier alpha value is -1.89. The number of amides is 3. The highest BCUT2D eigenvalue weighted by Gasteiger charge is 2.18. The van der Waals surface area contributed by atoms with E-state index in [0.29, 0.717) is 19.0 Å². The summed E-state index contributed by atoms with van der Waals surface area (Å²) in [7, 11) is 1.46. The van der Waals surface area contributed by atoms with Crippen LogP contribution in [0, 0.1) is 0 Å². The summed E-state index contributed by atoms with van der Waals surface area (Å²) in [6, 6.07) is 5.06. The second kappa shape index (κ2) is 7.21. The first kappa shape index (κ1) is 15.5. The zero-order valence-electron chi connectivity index (χ0n) is 12.0. The maximum atomic E-state index is 11.8. The van der Waals surface area contributed by atoms with Crippen molar-refractivity contribution in [1.82, 2.24) is 10.6 Å². The molecule has 0 radical (unpaired) electrons. The second-order valence-electron chi connectivity index (χ2n) is 4.49. The molecule has 7 heteroatoms. The Labute approximate surface area is 127 Å². The molecule has 1 aliphatic heterocycles. The van der Waals surface area contributed by atoms with Crippen LogP contribution in [0.15, 0.2) is 23.1 Å². The van der Waals surface area contributed by atoms with Crippen LogP contribution in [0.1, 0.15) is 13.3 Å². The zero-order valence-corrected chi connectivity index (χ0v) is 12.8. The third kappa shape index (κ3) is 4.29. The van der Waals surface area contributed by atoms with Gasteiger partial charge in [-0.25, -0.2) is 4.79 Å². The molecule has 0 spiro atoms. The summed E-state index contributed by atoms with van der Waals surface area (Å²) < 4.78 is 11.2. The van der Waals surface area contributed by atoms with Crippen LogP contribution in [0.5, 0.6) is 11.5 Å². The summed E-state index contributed by atoms with van der Waals surface area (Å²) in [5.74, 6) is 1.07. The molecule has 21 heavy (non-hydrogen) atoms. The third-order valence-corrected chi connectivity index (χ3v) is 3.96. The minimum atomic E-state index is -0.508. The van der Waals surface area contributed by atoms with E-state index >= 15 is 0 Å². The quantitative estimate of drug-likeness (QED) is 0.832. The van der Waals surface area contributed by atoms with E-state index in [1.54, 1.807) is 6.92 Å². The number of fused-ring (bicyclic) bond motifs is 1. The Kier molecular flexibility index (Phi) is 5.32. The molecular formula is C14H18N2O4S. The average molecular weight is 310 g/mol. The molecule has 1 aromatic rings. The molecule has 2 N–H and O–H groups in total. The number of urea groups is 1. The highest BCUT2D eigenvalue weighted by Crippen LogP contribution is 2.35. The minimum Gasteiger partial charge on any atom is -0.490 e. The molecule has 3 amide bonds. The highest BCUT2D eigenvalue weighted by atomic mass is 32.2. The smallest absolute Gasteiger partial charge is 0.321 e. The van der Waals surface area contributed by atoms with Crippen LogP contribution in [0.3, 0.4) is 0 Å². The molecule has 1 atom stereocenters. The fourth-order valence-electron chi connectivity index (χ4n) is 1.75. The van der Waals surface area contributed by atoms with E-state index in [0.717, 1.165) is 17.1 Å². The van der Waals surface area contributed by atoms with Gasteiger partial charge in [-0.05, 0) is 25.1 Å². The first-order valence-corrected chi connectivity index (χ1v) is 7.57. The maximum Gasteiger partial charge on any atom is 0.321 e. The van der Waals surface area contributed by atoms with Crippen LogP contribution in [0.25, 0.3) is 0 Å². The van der Waals surface area contributed by atoms with E-state index in [2.05, 4.69) is 10.6 Å². The van der Waals surface area contributed by atoms with Crippen molar-refractivity contribution in [2.24, 2.45) is 0 Å². The fourth-order valence-corrected chi connectivity index (χ4v) is 2.65. The van der Waals surface area contributed by atoms with E-state index in [9.17, 15) is 9.59 Å². The van der Waals surface area contributed by atoms with E-state index in [4.69, 9.17) is 9.47 Å². The van der Waals surface area contributed by atoms with Gasteiger partial charge in [-0.3, -0.25) is 10.1 Å². The predicted molar refractivity (Wildman–Crippen MR) is 80.0 cm³/mol. The van der Waals surface area contributed by atoms with Gasteiger partial charge in [-0.15, -0.1) is 11.8 Å². The zero-order chi connectivity index (χ0) is 15.2. The van der Waals surface area contributed by atoms with Gasteiger partial charge in [0.2, 0.25) is 5.91 Å². The molecule has 2 rings (SSSR count). The van der Waals surface area contributed by atoms with Crippen LogP contribution < -0.4 is 20.1 Å². The predicted octanol–water partition coefficient (Wildman–Crippen LogP) is 1.78. The van der Waals surface area contributed by atoms with E-state index < -0.39 is 11.3 Å². The number of thioether (sulfide) groups is 1. The van der Waals surface area contributed by atoms with Crippen LogP contribution in [0.2, 0.25) is 0 Å². The van der Waals surface area contributed by atoms with Crippen molar-refractivity contribution < 1.29 is 19.1 Å². The Morgan fingerprint density at radius 2 is 1.95 bits per heavy atom. The summed E-state index contributed by atoms with van der Waals surface area (Å²) >= 11 is 1.36. The molecule has 1 heterocycles. The second-order valence-corrected chi connectivity index (χ2v) is 5.90. The van der Waals surface area contributed by atoms with Crippen LogP contribution in [-0.4, -0.2) is 37.4 Å². The summed E-state index contributed by atoms with van der Waals surface area (Å²) in [5.41, 5.74) is 0. The van der Waals surface area contributed by atoms with Crippen molar-refractivity contribution >= 4 is 23.7 Å². The van der Waals surface area contributed by atoms with Gasteiger partial charge in [0.1, 0.15) is 0 Å².